The summed E-state index contributed by atoms with van der Waals surface area (Å²) in [6.45, 7) is 2.55. The van der Waals surface area contributed by atoms with Gasteiger partial charge >= 0.3 is 23.9 Å². The van der Waals surface area contributed by atoms with E-state index in [1.54, 1.807) is 41.3 Å². The van der Waals surface area contributed by atoms with Gasteiger partial charge in [-0.25, -0.2) is 0 Å². The SMILES string of the molecule is Cc1c(-c2ccc(O)cc2)n(Cc2ccc(OCCN(CCCCCCC(F)(F)C(F)(F)C(F)(F)C(F)(F)F)CC(O)CO)cc2)c2ccc(O)cc12. The number of phenols is 2. The monoisotopic (exact) mass is 764 g/mol. The maximum Gasteiger partial charge on any atom is 0.460 e. The predicted molar refractivity (Wildman–Crippen MR) is 180 cm³/mol. The second-order valence-corrected chi connectivity index (χ2v) is 13.0. The van der Waals surface area contributed by atoms with Gasteiger partial charge in [-0.3, -0.25) is 4.90 Å². The van der Waals surface area contributed by atoms with Crippen LogP contribution in [0, 0.1) is 6.92 Å². The molecule has 1 aromatic heterocycles. The summed E-state index contributed by atoms with van der Waals surface area (Å²) in [6.07, 6.45) is -10.3. The molecule has 0 saturated heterocycles. The Labute approximate surface area is 299 Å². The second-order valence-electron chi connectivity index (χ2n) is 13.0. The summed E-state index contributed by atoms with van der Waals surface area (Å²) in [6, 6.07) is 19.3. The van der Waals surface area contributed by atoms with Crippen molar-refractivity contribution < 1.29 is 64.7 Å². The third-order valence-corrected chi connectivity index (χ3v) is 8.99. The zero-order valence-electron chi connectivity index (χ0n) is 28.7. The molecule has 0 aliphatic heterocycles. The average Bonchev–Trinajstić information content (AvgIpc) is 3.36. The Kier molecular flexibility index (Phi) is 13.3. The number of fused-ring (bicyclic) bond motifs is 1. The van der Waals surface area contributed by atoms with Crippen molar-refractivity contribution in [3.05, 3.63) is 77.9 Å². The van der Waals surface area contributed by atoms with Gasteiger partial charge in [0.2, 0.25) is 0 Å². The molecule has 0 amide bonds. The number of aryl methyl sites for hydroxylation is 1. The van der Waals surface area contributed by atoms with Gasteiger partial charge in [-0.1, -0.05) is 25.0 Å². The van der Waals surface area contributed by atoms with E-state index in [4.69, 9.17) is 4.74 Å². The Morgan fingerprint density at radius 1 is 0.755 bits per heavy atom. The molecular weight excluding hydrogens is 723 g/mol. The molecule has 1 heterocycles. The lowest BCUT2D eigenvalue weighted by Gasteiger charge is -2.33. The van der Waals surface area contributed by atoms with Crippen LogP contribution in [0.15, 0.2) is 66.7 Å². The van der Waals surface area contributed by atoms with Gasteiger partial charge in [0.25, 0.3) is 0 Å². The summed E-state index contributed by atoms with van der Waals surface area (Å²) in [5.41, 5.74) is 4.59. The summed E-state index contributed by atoms with van der Waals surface area (Å²) in [5.74, 6) is -18.3. The van der Waals surface area contributed by atoms with Gasteiger partial charge in [-0.05, 0) is 97.6 Å². The zero-order chi connectivity index (χ0) is 39.2. The number of phenolic OH excluding ortho intramolecular Hbond substituents is 2. The minimum absolute atomic E-state index is 0.0149. The molecule has 0 saturated carbocycles. The highest BCUT2D eigenvalue weighted by Gasteiger charge is 2.81. The number of hydrogen-bond acceptors (Lipinski definition) is 6. The van der Waals surface area contributed by atoms with Gasteiger partial charge in [0.05, 0.1) is 18.4 Å². The first-order valence-corrected chi connectivity index (χ1v) is 16.8. The van der Waals surface area contributed by atoms with Crippen LogP contribution in [-0.4, -0.2) is 92.8 Å². The Morgan fingerprint density at radius 2 is 1.38 bits per heavy atom. The molecule has 53 heavy (non-hydrogen) atoms. The van der Waals surface area contributed by atoms with Crippen molar-refractivity contribution in [2.24, 2.45) is 0 Å². The van der Waals surface area contributed by atoms with Crippen LogP contribution in [-0.2, 0) is 6.54 Å². The van der Waals surface area contributed by atoms with Crippen molar-refractivity contribution in [2.45, 2.75) is 75.6 Å². The van der Waals surface area contributed by atoms with Crippen molar-refractivity contribution in [3.8, 4) is 28.5 Å². The molecule has 16 heteroatoms. The van der Waals surface area contributed by atoms with Crippen LogP contribution in [0.4, 0.5) is 39.5 Å². The van der Waals surface area contributed by atoms with Gasteiger partial charge in [0, 0.05) is 37.0 Å². The third-order valence-electron chi connectivity index (χ3n) is 8.99. The lowest BCUT2D eigenvalue weighted by molar-refractivity contribution is -0.396. The molecular formula is C37H41F9N2O5. The molecule has 0 fully saturated rings. The fourth-order valence-corrected chi connectivity index (χ4v) is 6.08. The standard InChI is InChI=1S/C37H41F9N2O5/c1-24-31-20-28(51)12-15-32(31)48(33(24)26-8-10-27(50)11-9-26)21-25-6-13-30(14-7-25)53-19-18-47(22-29(52)23-49)17-5-3-2-4-16-34(38,39)35(40,41)36(42,43)37(44,45)46/h6-15,20,29,49-52H,2-5,16-19,21-23H2,1H3. The van der Waals surface area contributed by atoms with E-state index in [0.29, 0.717) is 12.3 Å². The minimum atomic E-state index is -6.90. The number of benzene rings is 3. The second kappa shape index (κ2) is 16.9. The Morgan fingerprint density at radius 3 is 2.00 bits per heavy atom. The Hall–Kier alpha value is -4.15. The van der Waals surface area contributed by atoms with E-state index < -0.39 is 49.5 Å². The van der Waals surface area contributed by atoms with E-state index in [0.717, 1.165) is 33.3 Å². The lowest BCUT2D eigenvalue weighted by atomic mass is 9.98. The number of aromatic hydroxyl groups is 2. The maximum absolute atomic E-state index is 13.8. The summed E-state index contributed by atoms with van der Waals surface area (Å²) in [5, 5.41) is 40.1. The Bertz CT molecular complexity index is 1780. The van der Waals surface area contributed by atoms with Gasteiger partial charge in [0.1, 0.15) is 23.9 Å². The van der Waals surface area contributed by atoms with Crippen molar-refractivity contribution in [1.82, 2.24) is 9.47 Å². The summed E-state index contributed by atoms with van der Waals surface area (Å²) in [7, 11) is 0. The summed E-state index contributed by atoms with van der Waals surface area (Å²) in [4.78, 5) is 1.71. The van der Waals surface area contributed by atoms with Crippen LogP contribution in [0.25, 0.3) is 22.2 Å². The fraction of sp³-hybridized carbons (Fsp3) is 0.459. The van der Waals surface area contributed by atoms with Crippen LogP contribution in [0.5, 0.6) is 17.2 Å². The molecule has 3 aromatic carbocycles. The number of nitrogens with zero attached hydrogens (tertiary/aromatic N) is 2. The van der Waals surface area contributed by atoms with Crippen molar-refractivity contribution in [2.75, 3.05) is 32.8 Å². The molecule has 1 unspecified atom stereocenters. The highest BCUT2D eigenvalue weighted by Crippen LogP contribution is 2.54. The summed E-state index contributed by atoms with van der Waals surface area (Å²) >= 11 is 0. The molecule has 0 radical (unpaired) electrons. The largest absolute Gasteiger partial charge is 0.508 e. The van der Waals surface area contributed by atoms with Crippen LogP contribution in [0.2, 0.25) is 0 Å². The first-order valence-electron chi connectivity index (χ1n) is 16.8. The first kappa shape index (κ1) is 41.6. The molecule has 0 bridgehead atoms. The van der Waals surface area contributed by atoms with E-state index in [1.165, 1.54) is 0 Å². The van der Waals surface area contributed by atoms with Crippen LogP contribution >= 0.6 is 0 Å². The number of aliphatic hydroxyl groups is 2. The lowest BCUT2D eigenvalue weighted by Crippen LogP contribution is -2.60. The van der Waals surface area contributed by atoms with Crippen LogP contribution in [0.1, 0.15) is 43.2 Å². The highest BCUT2D eigenvalue weighted by atomic mass is 19.4. The van der Waals surface area contributed by atoms with Gasteiger partial charge in [-0.2, -0.15) is 39.5 Å². The number of hydrogen-bond donors (Lipinski definition) is 4. The number of alkyl halides is 9. The quantitative estimate of drug-likeness (QED) is 0.0565. The van der Waals surface area contributed by atoms with Crippen LogP contribution in [0.3, 0.4) is 0 Å². The first-order chi connectivity index (χ1) is 24.8. The third kappa shape index (κ3) is 9.70. The molecule has 0 aliphatic carbocycles. The number of unbranched alkanes of at least 4 members (excludes halogenated alkanes) is 3. The molecule has 7 nitrogen and oxygen atoms in total. The van der Waals surface area contributed by atoms with E-state index in [-0.39, 0.29) is 57.0 Å². The van der Waals surface area contributed by atoms with E-state index >= 15 is 0 Å². The minimum Gasteiger partial charge on any atom is -0.508 e. The molecule has 0 spiro atoms. The normalized spacial score (nSPS) is 13.6. The zero-order valence-corrected chi connectivity index (χ0v) is 28.7. The smallest absolute Gasteiger partial charge is 0.460 e. The number of aromatic nitrogens is 1. The number of halogens is 9. The van der Waals surface area contributed by atoms with Crippen LogP contribution < -0.4 is 4.74 Å². The van der Waals surface area contributed by atoms with Crippen molar-refractivity contribution in [1.29, 1.82) is 0 Å². The van der Waals surface area contributed by atoms with E-state index in [9.17, 15) is 59.9 Å². The average molecular weight is 765 g/mol. The molecule has 4 N–H and O–H groups in total. The summed E-state index contributed by atoms with van der Waals surface area (Å²) < 4.78 is 126. The predicted octanol–water partition coefficient (Wildman–Crippen LogP) is 8.53. The van der Waals surface area contributed by atoms with Crippen molar-refractivity contribution in [3.63, 3.8) is 0 Å². The van der Waals surface area contributed by atoms with E-state index in [2.05, 4.69) is 4.57 Å². The van der Waals surface area contributed by atoms with Crippen molar-refractivity contribution >= 4 is 10.9 Å². The number of aliphatic hydroxyl groups excluding tert-OH is 2. The van der Waals surface area contributed by atoms with Gasteiger partial charge in [0.15, 0.2) is 0 Å². The molecule has 4 aromatic rings. The number of rotatable bonds is 19. The van der Waals surface area contributed by atoms with E-state index in [1.807, 2.05) is 37.3 Å². The molecule has 1 atom stereocenters. The fourth-order valence-electron chi connectivity index (χ4n) is 6.08. The highest BCUT2D eigenvalue weighted by molar-refractivity contribution is 5.92. The topological polar surface area (TPSA) is 98.3 Å². The Balaban J connectivity index is 1.31. The molecule has 292 valence electrons. The van der Waals surface area contributed by atoms with Gasteiger partial charge in [-0.15, -0.1) is 0 Å². The molecule has 4 rings (SSSR count). The maximum atomic E-state index is 13.8. The number of ether oxygens (including phenoxy) is 1. The molecule has 0 aliphatic rings. The van der Waals surface area contributed by atoms with Gasteiger partial charge < -0.3 is 29.7 Å².